The first-order valence-corrected chi connectivity index (χ1v) is 6.42. The second kappa shape index (κ2) is 4.04. The minimum Gasteiger partial charge on any atom is -0.508 e. The molecule has 2 rings (SSSR count). The highest BCUT2D eigenvalue weighted by Gasteiger charge is 2.14. The van der Waals surface area contributed by atoms with E-state index < -0.39 is 10.3 Å². The summed E-state index contributed by atoms with van der Waals surface area (Å²) in [6.45, 7) is 1.75. The Morgan fingerprint density at radius 3 is 2.44 bits per heavy atom. The van der Waals surface area contributed by atoms with Crippen LogP contribution < -0.4 is 9.32 Å². The Labute approximate surface area is 103 Å². The highest BCUT2D eigenvalue weighted by molar-refractivity contribution is 7.84. The van der Waals surface area contributed by atoms with E-state index in [-0.39, 0.29) is 22.6 Å². The monoisotopic (exact) mass is 269 g/mol. The van der Waals surface area contributed by atoms with E-state index in [1.165, 1.54) is 18.2 Å². The van der Waals surface area contributed by atoms with Gasteiger partial charge in [0.1, 0.15) is 5.75 Å². The normalized spacial score (nSPS) is 11.7. The summed E-state index contributed by atoms with van der Waals surface area (Å²) in [7, 11) is -4.21. The summed E-state index contributed by atoms with van der Waals surface area (Å²) < 4.78 is 26.1. The van der Waals surface area contributed by atoms with Crippen molar-refractivity contribution in [1.82, 2.24) is 0 Å². The molecule has 0 saturated heterocycles. The molecule has 4 N–H and O–H groups in total. The number of aryl methyl sites for hydroxylation is 1. The molecular weight excluding hydrogens is 258 g/mol. The third kappa shape index (κ3) is 2.31. The molecule has 2 aromatic carbocycles. The molecule has 7 heteroatoms. The minimum absolute atomic E-state index is 0.0388. The molecule has 0 aliphatic rings. The van der Waals surface area contributed by atoms with E-state index in [2.05, 4.69) is 4.18 Å². The van der Waals surface area contributed by atoms with Gasteiger partial charge in [0.2, 0.25) is 0 Å². The standard InChI is InChI=1S/C11H11NO5S/c1-6-4-7(13)5-9-8(6)2-3-10(11(9)14)17-18(12,15)16/h2-5,13-14H,1H3,(H2,12,15,16). The number of phenolic OH excluding ortho intramolecular Hbond substituents is 2. The van der Waals surface area contributed by atoms with Crippen LogP contribution >= 0.6 is 0 Å². The summed E-state index contributed by atoms with van der Waals surface area (Å²) in [5.41, 5.74) is 0.738. The molecular formula is C11H11NO5S. The summed E-state index contributed by atoms with van der Waals surface area (Å²) in [5, 5.41) is 25.1. The number of benzene rings is 2. The average Bonchev–Trinajstić information content (AvgIpc) is 2.21. The molecule has 0 aliphatic heterocycles. The number of fused-ring (bicyclic) bond motifs is 1. The van der Waals surface area contributed by atoms with E-state index in [1.807, 2.05) is 0 Å². The maximum Gasteiger partial charge on any atom is 0.380 e. The first-order valence-electron chi connectivity index (χ1n) is 4.95. The minimum atomic E-state index is -4.21. The van der Waals surface area contributed by atoms with Gasteiger partial charge in [0.15, 0.2) is 11.5 Å². The predicted molar refractivity (Wildman–Crippen MR) is 65.7 cm³/mol. The molecule has 6 nitrogen and oxygen atoms in total. The summed E-state index contributed by atoms with van der Waals surface area (Å²) >= 11 is 0. The van der Waals surface area contributed by atoms with Crippen LogP contribution in [0, 0.1) is 6.92 Å². The Hall–Kier alpha value is -1.99. The van der Waals surface area contributed by atoms with E-state index in [0.717, 1.165) is 5.56 Å². The second-order valence-electron chi connectivity index (χ2n) is 3.85. The van der Waals surface area contributed by atoms with E-state index >= 15 is 0 Å². The third-order valence-corrected chi connectivity index (χ3v) is 2.88. The highest BCUT2D eigenvalue weighted by Crippen LogP contribution is 2.38. The van der Waals surface area contributed by atoms with Crippen molar-refractivity contribution >= 4 is 21.1 Å². The van der Waals surface area contributed by atoms with Gasteiger partial charge in [-0.2, -0.15) is 13.6 Å². The summed E-state index contributed by atoms with van der Waals surface area (Å²) in [6, 6.07) is 5.71. The topological polar surface area (TPSA) is 110 Å². The number of aromatic hydroxyl groups is 2. The maximum atomic E-state index is 10.8. The number of hydrogen-bond donors (Lipinski definition) is 3. The van der Waals surface area contributed by atoms with Gasteiger partial charge in [0.05, 0.1) is 0 Å². The van der Waals surface area contributed by atoms with Crippen LogP contribution in [0.3, 0.4) is 0 Å². The molecule has 0 saturated carbocycles. The molecule has 0 radical (unpaired) electrons. The molecule has 0 atom stereocenters. The summed E-state index contributed by atoms with van der Waals surface area (Å²) in [6.07, 6.45) is 0. The van der Waals surface area contributed by atoms with Crippen molar-refractivity contribution in [2.24, 2.45) is 5.14 Å². The fourth-order valence-corrected chi connectivity index (χ4v) is 2.14. The van der Waals surface area contributed by atoms with Crippen molar-refractivity contribution < 1.29 is 22.8 Å². The Balaban J connectivity index is 2.71. The third-order valence-electron chi connectivity index (χ3n) is 2.47. The zero-order chi connectivity index (χ0) is 13.5. The number of hydrogen-bond acceptors (Lipinski definition) is 5. The molecule has 0 fully saturated rings. The van der Waals surface area contributed by atoms with Gasteiger partial charge < -0.3 is 14.4 Å². The first kappa shape index (κ1) is 12.5. The SMILES string of the molecule is Cc1cc(O)cc2c(O)c(OS(N)(=O)=O)ccc12. The molecule has 0 unspecified atom stereocenters. The van der Waals surface area contributed by atoms with Crippen LogP contribution in [0.1, 0.15) is 5.56 Å². The van der Waals surface area contributed by atoms with Gasteiger partial charge in [-0.1, -0.05) is 6.07 Å². The molecule has 0 aromatic heterocycles. The van der Waals surface area contributed by atoms with E-state index in [0.29, 0.717) is 5.39 Å². The largest absolute Gasteiger partial charge is 0.508 e. The molecule has 0 aliphatic carbocycles. The number of nitrogens with two attached hydrogens (primary N) is 1. The zero-order valence-corrected chi connectivity index (χ0v) is 10.2. The van der Waals surface area contributed by atoms with E-state index in [4.69, 9.17) is 5.14 Å². The fourth-order valence-electron chi connectivity index (χ4n) is 1.76. The van der Waals surface area contributed by atoms with Crippen LogP contribution in [0.2, 0.25) is 0 Å². The molecule has 0 bridgehead atoms. The second-order valence-corrected chi connectivity index (χ2v) is 5.00. The lowest BCUT2D eigenvalue weighted by molar-refractivity contribution is 0.433. The van der Waals surface area contributed by atoms with Crippen LogP contribution in [-0.4, -0.2) is 18.6 Å². The van der Waals surface area contributed by atoms with Crippen molar-refractivity contribution in [1.29, 1.82) is 0 Å². The van der Waals surface area contributed by atoms with Gasteiger partial charge in [-0.3, -0.25) is 0 Å². The van der Waals surface area contributed by atoms with Gasteiger partial charge >= 0.3 is 10.3 Å². The fraction of sp³-hybridized carbons (Fsp3) is 0.0909. The van der Waals surface area contributed by atoms with Crippen molar-refractivity contribution in [2.75, 3.05) is 0 Å². The highest BCUT2D eigenvalue weighted by atomic mass is 32.2. The van der Waals surface area contributed by atoms with Gasteiger partial charge in [0, 0.05) is 5.39 Å². The lowest BCUT2D eigenvalue weighted by Crippen LogP contribution is -2.19. The molecule has 0 spiro atoms. The Kier molecular flexibility index (Phi) is 2.80. The Bertz CT molecular complexity index is 724. The smallest absolute Gasteiger partial charge is 0.380 e. The van der Waals surface area contributed by atoms with Crippen molar-refractivity contribution in [3.63, 3.8) is 0 Å². The molecule has 0 heterocycles. The molecule has 2 aromatic rings. The number of rotatable bonds is 2. The van der Waals surface area contributed by atoms with Crippen LogP contribution in [0.25, 0.3) is 10.8 Å². The predicted octanol–water partition coefficient (Wildman–Crippen LogP) is 1.14. The van der Waals surface area contributed by atoms with Crippen LogP contribution in [-0.2, 0) is 10.3 Å². The molecule has 0 amide bonds. The first-order chi connectivity index (χ1) is 8.28. The molecule has 18 heavy (non-hydrogen) atoms. The lowest BCUT2D eigenvalue weighted by atomic mass is 10.0. The van der Waals surface area contributed by atoms with Crippen LogP contribution in [0.5, 0.6) is 17.2 Å². The Morgan fingerprint density at radius 2 is 1.83 bits per heavy atom. The Morgan fingerprint density at radius 1 is 1.17 bits per heavy atom. The molecule has 96 valence electrons. The number of phenols is 2. The lowest BCUT2D eigenvalue weighted by Gasteiger charge is -2.09. The summed E-state index contributed by atoms with van der Waals surface area (Å²) in [4.78, 5) is 0. The summed E-state index contributed by atoms with van der Waals surface area (Å²) in [5.74, 6) is -0.710. The van der Waals surface area contributed by atoms with Gasteiger partial charge in [-0.25, -0.2) is 0 Å². The van der Waals surface area contributed by atoms with E-state index in [1.54, 1.807) is 13.0 Å². The van der Waals surface area contributed by atoms with Crippen molar-refractivity contribution in [3.8, 4) is 17.2 Å². The van der Waals surface area contributed by atoms with Crippen LogP contribution in [0.15, 0.2) is 24.3 Å². The van der Waals surface area contributed by atoms with Gasteiger partial charge in [0.25, 0.3) is 0 Å². The van der Waals surface area contributed by atoms with Gasteiger partial charge in [-0.05, 0) is 36.1 Å². The quantitative estimate of drug-likeness (QED) is 0.757. The van der Waals surface area contributed by atoms with Crippen molar-refractivity contribution in [2.45, 2.75) is 6.92 Å². The van der Waals surface area contributed by atoms with Crippen molar-refractivity contribution in [3.05, 3.63) is 29.8 Å². The zero-order valence-electron chi connectivity index (χ0n) is 9.41. The maximum absolute atomic E-state index is 10.8. The van der Waals surface area contributed by atoms with E-state index in [9.17, 15) is 18.6 Å². The average molecular weight is 269 g/mol. The van der Waals surface area contributed by atoms with Gasteiger partial charge in [-0.15, -0.1) is 0 Å². The van der Waals surface area contributed by atoms with Crippen LogP contribution in [0.4, 0.5) is 0 Å².